The lowest BCUT2D eigenvalue weighted by Crippen LogP contribution is -2.28. The fourth-order valence-corrected chi connectivity index (χ4v) is 2.99. The summed E-state index contributed by atoms with van der Waals surface area (Å²) in [6.45, 7) is 2.03. The molecule has 6 heteroatoms. The van der Waals surface area contributed by atoms with E-state index < -0.39 is 5.56 Å². The Morgan fingerprint density at radius 3 is 2.54 bits per heavy atom. The third kappa shape index (κ3) is 2.56. The number of hydrogen-bond donors (Lipinski definition) is 0. The molecule has 0 spiro atoms. The van der Waals surface area contributed by atoms with E-state index in [-0.39, 0.29) is 16.5 Å². The van der Waals surface area contributed by atoms with Gasteiger partial charge in [-0.25, -0.2) is 0 Å². The number of hydrogen-bond acceptors (Lipinski definition) is 5. The standard InChI is InChI=1S/C20H16N2O4/c1-12-21-19-17(18(23)15-5-3-4-6-16(15)26-19)20(24)22(12)11-13-7-9-14(25-2)10-8-13/h3-10H,11H2,1-2H3. The molecule has 0 amide bonds. The van der Waals surface area contributed by atoms with Crippen LogP contribution in [0.2, 0.25) is 0 Å². The van der Waals surface area contributed by atoms with Gasteiger partial charge in [-0.05, 0) is 36.8 Å². The van der Waals surface area contributed by atoms with Gasteiger partial charge in [0.25, 0.3) is 5.56 Å². The van der Waals surface area contributed by atoms with Crippen molar-refractivity contribution in [1.82, 2.24) is 9.55 Å². The largest absolute Gasteiger partial charge is 0.497 e. The molecule has 2 aromatic heterocycles. The van der Waals surface area contributed by atoms with E-state index in [9.17, 15) is 9.59 Å². The molecule has 0 saturated carbocycles. The predicted molar refractivity (Wildman–Crippen MR) is 98.9 cm³/mol. The maximum Gasteiger partial charge on any atom is 0.269 e. The molecular weight excluding hydrogens is 332 g/mol. The van der Waals surface area contributed by atoms with E-state index >= 15 is 0 Å². The summed E-state index contributed by atoms with van der Waals surface area (Å²) in [4.78, 5) is 30.1. The quantitative estimate of drug-likeness (QED) is 0.532. The zero-order chi connectivity index (χ0) is 18.3. The van der Waals surface area contributed by atoms with Crippen LogP contribution >= 0.6 is 0 Å². The van der Waals surface area contributed by atoms with Crippen molar-refractivity contribution < 1.29 is 9.15 Å². The number of aryl methyl sites for hydroxylation is 1. The van der Waals surface area contributed by atoms with Crippen LogP contribution in [0.1, 0.15) is 11.4 Å². The van der Waals surface area contributed by atoms with Gasteiger partial charge in [-0.2, -0.15) is 4.98 Å². The van der Waals surface area contributed by atoms with Crippen LogP contribution in [0.25, 0.3) is 22.1 Å². The van der Waals surface area contributed by atoms with E-state index in [0.717, 1.165) is 11.3 Å². The fourth-order valence-electron chi connectivity index (χ4n) is 2.99. The van der Waals surface area contributed by atoms with Crippen LogP contribution in [0.15, 0.2) is 62.5 Å². The van der Waals surface area contributed by atoms with Gasteiger partial charge in [-0.15, -0.1) is 0 Å². The fraction of sp³-hybridized carbons (Fsp3) is 0.150. The van der Waals surface area contributed by atoms with Crippen molar-refractivity contribution in [3.8, 4) is 5.75 Å². The third-order valence-electron chi connectivity index (χ3n) is 4.39. The van der Waals surface area contributed by atoms with Crippen LogP contribution in [0.4, 0.5) is 0 Å². The van der Waals surface area contributed by atoms with Crippen molar-refractivity contribution in [2.24, 2.45) is 0 Å². The Kier molecular flexibility index (Phi) is 3.80. The van der Waals surface area contributed by atoms with Gasteiger partial charge < -0.3 is 9.15 Å². The second kappa shape index (κ2) is 6.15. The first-order chi connectivity index (χ1) is 12.6. The lowest BCUT2D eigenvalue weighted by atomic mass is 10.2. The Morgan fingerprint density at radius 2 is 1.81 bits per heavy atom. The number of aromatic nitrogens is 2. The molecule has 6 nitrogen and oxygen atoms in total. The topological polar surface area (TPSA) is 74.3 Å². The van der Waals surface area contributed by atoms with Crippen molar-refractivity contribution in [1.29, 1.82) is 0 Å². The second-order valence-electron chi connectivity index (χ2n) is 6.01. The van der Waals surface area contributed by atoms with Crippen LogP contribution in [0, 0.1) is 6.92 Å². The summed E-state index contributed by atoms with van der Waals surface area (Å²) >= 11 is 0. The third-order valence-corrected chi connectivity index (χ3v) is 4.39. The minimum Gasteiger partial charge on any atom is -0.497 e. The first-order valence-electron chi connectivity index (χ1n) is 8.14. The predicted octanol–water partition coefficient (Wildman–Crippen LogP) is 2.87. The number of methoxy groups -OCH3 is 1. The highest BCUT2D eigenvalue weighted by atomic mass is 16.5. The summed E-state index contributed by atoms with van der Waals surface area (Å²) in [6.07, 6.45) is 0. The van der Waals surface area contributed by atoms with Crippen molar-refractivity contribution in [2.75, 3.05) is 7.11 Å². The van der Waals surface area contributed by atoms with Crippen molar-refractivity contribution in [2.45, 2.75) is 13.5 Å². The lowest BCUT2D eigenvalue weighted by molar-refractivity contribution is 0.414. The monoisotopic (exact) mass is 348 g/mol. The first-order valence-corrected chi connectivity index (χ1v) is 8.14. The van der Waals surface area contributed by atoms with Crippen molar-refractivity contribution in [3.05, 3.63) is 80.5 Å². The highest BCUT2D eigenvalue weighted by molar-refractivity contribution is 5.87. The summed E-state index contributed by atoms with van der Waals surface area (Å²) in [6, 6.07) is 14.2. The molecule has 0 bridgehead atoms. The number of nitrogens with zero attached hydrogens (tertiary/aromatic N) is 2. The van der Waals surface area contributed by atoms with Gasteiger partial charge in [0.1, 0.15) is 17.2 Å². The Bertz CT molecular complexity index is 1240. The molecule has 4 rings (SSSR count). The minimum absolute atomic E-state index is 0.0252. The Labute approximate surface area is 148 Å². The highest BCUT2D eigenvalue weighted by Crippen LogP contribution is 2.16. The van der Waals surface area contributed by atoms with Crippen molar-refractivity contribution in [3.63, 3.8) is 0 Å². The van der Waals surface area contributed by atoms with Gasteiger partial charge >= 0.3 is 0 Å². The maximum atomic E-state index is 13.0. The van der Waals surface area contributed by atoms with E-state index in [1.807, 2.05) is 24.3 Å². The Morgan fingerprint density at radius 1 is 1.08 bits per heavy atom. The van der Waals surface area contributed by atoms with E-state index in [1.54, 1.807) is 38.3 Å². The van der Waals surface area contributed by atoms with Gasteiger partial charge in [0.15, 0.2) is 5.39 Å². The summed E-state index contributed by atoms with van der Waals surface area (Å²) in [5.74, 6) is 1.22. The van der Waals surface area contributed by atoms with Crippen LogP contribution in [-0.2, 0) is 6.54 Å². The molecule has 0 unspecified atom stereocenters. The molecular formula is C20H16N2O4. The average molecular weight is 348 g/mol. The molecule has 26 heavy (non-hydrogen) atoms. The van der Waals surface area contributed by atoms with Gasteiger partial charge in [0.05, 0.1) is 19.0 Å². The Balaban J connectivity index is 1.92. The summed E-state index contributed by atoms with van der Waals surface area (Å²) in [7, 11) is 1.60. The second-order valence-corrected chi connectivity index (χ2v) is 6.01. The molecule has 2 heterocycles. The SMILES string of the molecule is COc1ccc(Cn2c(C)nc3oc4ccccc4c(=O)c3c2=O)cc1. The molecule has 0 aliphatic rings. The maximum absolute atomic E-state index is 13.0. The normalized spacial score (nSPS) is 11.2. The molecule has 0 aliphatic carbocycles. The zero-order valence-electron chi connectivity index (χ0n) is 14.4. The van der Waals surface area contributed by atoms with Crippen LogP contribution < -0.4 is 15.7 Å². The summed E-state index contributed by atoms with van der Waals surface area (Å²) in [5.41, 5.74) is 0.638. The highest BCUT2D eigenvalue weighted by Gasteiger charge is 2.16. The van der Waals surface area contributed by atoms with Crippen molar-refractivity contribution >= 4 is 22.1 Å². The summed E-state index contributed by atoms with van der Waals surface area (Å²) < 4.78 is 12.3. The van der Waals surface area contributed by atoms with Gasteiger partial charge in [-0.3, -0.25) is 14.2 Å². The molecule has 0 radical (unpaired) electrons. The van der Waals surface area contributed by atoms with Crippen LogP contribution in [-0.4, -0.2) is 16.7 Å². The number of fused-ring (bicyclic) bond motifs is 2. The lowest BCUT2D eigenvalue weighted by Gasteiger charge is -2.11. The molecule has 0 fully saturated rings. The molecule has 0 N–H and O–H groups in total. The van der Waals surface area contributed by atoms with Crippen LogP contribution in [0.3, 0.4) is 0 Å². The van der Waals surface area contributed by atoms with Crippen LogP contribution in [0.5, 0.6) is 5.75 Å². The molecule has 2 aromatic carbocycles. The van der Waals surface area contributed by atoms with Gasteiger partial charge in [0, 0.05) is 0 Å². The molecule has 4 aromatic rings. The van der Waals surface area contributed by atoms with Gasteiger partial charge in [0.2, 0.25) is 11.1 Å². The zero-order valence-corrected chi connectivity index (χ0v) is 14.4. The number of benzene rings is 2. The first kappa shape index (κ1) is 16.1. The molecule has 130 valence electrons. The van der Waals surface area contributed by atoms with E-state index in [4.69, 9.17) is 9.15 Å². The molecule has 0 saturated heterocycles. The average Bonchev–Trinajstić information content (AvgIpc) is 2.65. The van der Waals surface area contributed by atoms with E-state index in [0.29, 0.717) is 23.3 Å². The number of para-hydroxylation sites is 1. The Hall–Kier alpha value is -3.41. The van der Waals surface area contributed by atoms with E-state index in [2.05, 4.69) is 4.98 Å². The molecule has 0 atom stereocenters. The molecule has 0 aliphatic heterocycles. The summed E-state index contributed by atoms with van der Waals surface area (Å²) in [5, 5.41) is 0.349. The smallest absolute Gasteiger partial charge is 0.269 e. The number of ether oxygens (including phenoxy) is 1. The number of rotatable bonds is 3. The van der Waals surface area contributed by atoms with Gasteiger partial charge in [-0.1, -0.05) is 24.3 Å². The minimum atomic E-state index is -0.400. The van der Waals surface area contributed by atoms with E-state index in [1.165, 1.54) is 4.57 Å².